The van der Waals surface area contributed by atoms with Crippen molar-refractivity contribution in [2.24, 2.45) is 0 Å². The maximum atomic E-state index is 13.6. The second-order valence-corrected chi connectivity index (χ2v) is 6.41. The number of hydrogen-bond donors (Lipinski definition) is 1. The van der Waals surface area contributed by atoms with Crippen LogP contribution < -0.4 is 5.32 Å². The van der Waals surface area contributed by atoms with Gasteiger partial charge in [0.2, 0.25) is 0 Å². The molecule has 134 valence electrons. The van der Waals surface area contributed by atoms with Crippen LogP contribution in [-0.4, -0.2) is 35.6 Å². The predicted octanol–water partition coefficient (Wildman–Crippen LogP) is 2.90. The third-order valence-corrected chi connectivity index (χ3v) is 4.89. The Balaban J connectivity index is 0.00000182. The Morgan fingerprint density at radius 1 is 1.32 bits per heavy atom. The van der Waals surface area contributed by atoms with Gasteiger partial charge in [-0.05, 0) is 37.0 Å². The van der Waals surface area contributed by atoms with Crippen molar-refractivity contribution in [3.05, 3.63) is 52.7 Å². The van der Waals surface area contributed by atoms with E-state index >= 15 is 0 Å². The van der Waals surface area contributed by atoms with Gasteiger partial charge in [0.1, 0.15) is 11.6 Å². The molecule has 1 aromatic heterocycles. The maximum absolute atomic E-state index is 13.6. The third kappa shape index (κ3) is 3.41. The molecule has 1 unspecified atom stereocenters. The molecular weight excluding hydrogens is 345 g/mol. The summed E-state index contributed by atoms with van der Waals surface area (Å²) in [7, 11) is 0. The van der Waals surface area contributed by atoms with Crippen LogP contribution in [0.4, 0.5) is 4.39 Å². The Morgan fingerprint density at radius 3 is 3.00 bits per heavy atom. The molecule has 1 N–H and O–H groups in total. The third-order valence-electron chi connectivity index (χ3n) is 4.89. The van der Waals surface area contributed by atoms with Gasteiger partial charge in [-0.3, -0.25) is 4.79 Å². The molecule has 0 spiro atoms. The molecule has 1 aliphatic carbocycles. The fourth-order valence-electron chi connectivity index (χ4n) is 3.65. The van der Waals surface area contributed by atoms with Crippen molar-refractivity contribution in [3.63, 3.8) is 0 Å². The van der Waals surface area contributed by atoms with E-state index in [1.165, 1.54) is 12.1 Å². The van der Waals surface area contributed by atoms with Crippen LogP contribution in [0.15, 0.2) is 28.8 Å². The summed E-state index contributed by atoms with van der Waals surface area (Å²) in [6.07, 6.45) is 3.83. The summed E-state index contributed by atoms with van der Waals surface area (Å²) >= 11 is 0. The van der Waals surface area contributed by atoms with Gasteiger partial charge < -0.3 is 14.7 Å². The van der Waals surface area contributed by atoms with E-state index in [0.29, 0.717) is 18.8 Å². The molecule has 4 rings (SSSR count). The van der Waals surface area contributed by atoms with Gasteiger partial charge in [-0.2, -0.15) is 0 Å². The highest BCUT2D eigenvalue weighted by Crippen LogP contribution is 2.29. The van der Waals surface area contributed by atoms with Crippen molar-refractivity contribution in [2.45, 2.75) is 31.7 Å². The van der Waals surface area contributed by atoms with Gasteiger partial charge in [0.25, 0.3) is 5.91 Å². The van der Waals surface area contributed by atoms with Gasteiger partial charge >= 0.3 is 0 Å². The monoisotopic (exact) mass is 365 g/mol. The van der Waals surface area contributed by atoms with Crippen LogP contribution in [0.25, 0.3) is 0 Å². The number of nitrogens with zero attached hydrogens (tertiary/aromatic N) is 2. The molecule has 2 aliphatic rings. The minimum absolute atomic E-state index is 0. The van der Waals surface area contributed by atoms with E-state index in [1.54, 1.807) is 11.0 Å². The summed E-state index contributed by atoms with van der Waals surface area (Å²) in [4.78, 5) is 14.9. The lowest BCUT2D eigenvalue weighted by Gasteiger charge is -2.36. The Morgan fingerprint density at radius 2 is 2.16 bits per heavy atom. The van der Waals surface area contributed by atoms with Crippen molar-refractivity contribution < 1.29 is 13.7 Å². The molecular formula is C18H21ClFN3O2. The highest BCUT2D eigenvalue weighted by atomic mass is 35.5. The van der Waals surface area contributed by atoms with Crippen molar-refractivity contribution in [2.75, 3.05) is 19.6 Å². The maximum Gasteiger partial charge on any atom is 0.276 e. The number of aryl methyl sites for hydroxylation is 1. The second-order valence-electron chi connectivity index (χ2n) is 6.41. The van der Waals surface area contributed by atoms with Crippen LogP contribution in [0.5, 0.6) is 0 Å². The Labute approximate surface area is 152 Å². The Bertz CT molecular complexity index is 765. The SMILES string of the molecule is Cl.O=C(c1noc2c1CCCC2)N1CCNCC1c1cccc(F)c1. The van der Waals surface area contributed by atoms with E-state index in [-0.39, 0.29) is 30.2 Å². The van der Waals surface area contributed by atoms with Gasteiger partial charge in [-0.15, -0.1) is 12.4 Å². The van der Waals surface area contributed by atoms with E-state index < -0.39 is 0 Å². The number of nitrogens with one attached hydrogen (secondary N) is 1. The molecule has 0 radical (unpaired) electrons. The average Bonchev–Trinajstić information content (AvgIpc) is 3.05. The summed E-state index contributed by atoms with van der Waals surface area (Å²) in [6, 6.07) is 6.26. The van der Waals surface area contributed by atoms with Crippen molar-refractivity contribution in [1.29, 1.82) is 0 Å². The first kappa shape index (κ1) is 17.9. The van der Waals surface area contributed by atoms with Gasteiger partial charge in [0, 0.05) is 31.6 Å². The number of hydrogen-bond acceptors (Lipinski definition) is 4. The first-order chi connectivity index (χ1) is 11.7. The number of aromatic nitrogens is 1. The lowest BCUT2D eigenvalue weighted by molar-refractivity contribution is 0.0622. The fourth-order valence-corrected chi connectivity index (χ4v) is 3.65. The smallest absolute Gasteiger partial charge is 0.276 e. The lowest BCUT2D eigenvalue weighted by Crippen LogP contribution is -2.49. The standard InChI is InChI=1S/C18H20FN3O2.ClH/c19-13-5-3-4-12(10-13)15-11-20-8-9-22(15)18(23)17-14-6-1-2-7-16(14)24-21-17;/h3-5,10,15,20H,1-2,6-9,11H2;1H. The van der Waals surface area contributed by atoms with Gasteiger partial charge in [0.15, 0.2) is 5.69 Å². The van der Waals surface area contributed by atoms with Crippen LogP contribution in [0, 0.1) is 5.82 Å². The van der Waals surface area contributed by atoms with E-state index in [4.69, 9.17) is 4.52 Å². The van der Waals surface area contributed by atoms with Crippen LogP contribution in [0.2, 0.25) is 0 Å². The highest BCUT2D eigenvalue weighted by molar-refractivity contribution is 5.94. The van der Waals surface area contributed by atoms with E-state index in [9.17, 15) is 9.18 Å². The molecule has 7 heteroatoms. The molecule has 1 fully saturated rings. The van der Waals surface area contributed by atoms with Crippen molar-refractivity contribution >= 4 is 18.3 Å². The van der Waals surface area contributed by atoms with Gasteiger partial charge in [-0.1, -0.05) is 17.3 Å². The normalized spacial score (nSPS) is 19.9. The van der Waals surface area contributed by atoms with Crippen LogP contribution in [0.1, 0.15) is 46.3 Å². The minimum Gasteiger partial charge on any atom is -0.360 e. The van der Waals surface area contributed by atoms with E-state index in [1.807, 2.05) is 6.07 Å². The molecule has 1 amide bonds. The Kier molecular flexibility index (Phi) is 5.39. The van der Waals surface area contributed by atoms with Gasteiger partial charge in [0.05, 0.1) is 6.04 Å². The zero-order valence-electron chi connectivity index (χ0n) is 13.8. The number of piperazine rings is 1. The molecule has 0 saturated carbocycles. The summed E-state index contributed by atoms with van der Waals surface area (Å²) in [5, 5.41) is 7.34. The molecule has 1 aromatic carbocycles. The summed E-state index contributed by atoms with van der Waals surface area (Å²) < 4.78 is 19.0. The predicted molar refractivity (Wildman–Crippen MR) is 93.4 cm³/mol. The summed E-state index contributed by atoms with van der Waals surface area (Å²) in [5.74, 6) is 0.448. The van der Waals surface area contributed by atoms with Crippen molar-refractivity contribution in [3.8, 4) is 0 Å². The number of rotatable bonds is 2. The largest absolute Gasteiger partial charge is 0.360 e. The minimum atomic E-state index is -0.288. The van der Waals surface area contributed by atoms with Crippen molar-refractivity contribution in [1.82, 2.24) is 15.4 Å². The molecule has 2 aromatic rings. The van der Waals surface area contributed by atoms with Crippen LogP contribution in [-0.2, 0) is 12.8 Å². The van der Waals surface area contributed by atoms with Crippen LogP contribution >= 0.6 is 12.4 Å². The Hall–Kier alpha value is -1.92. The number of amides is 1. The quantitative estimate of drug-likeness (QED) is 0.889. The highest BCUT2D eigenvalue weighted by Gasteiger charge is 2.33. The molecule has 2 heterocycles. The number of carbonyl (C=O) groups is 1. The molecule has 1 saturated heterocycles. The average molecular weight is 366 g/mol. The fraction of sp³-hybridized carbons (Fsp3) is 0.444. The number of carbonyl (C=O) groups excluding carboxylic acids is 1. The first-order valence-corrected chi connectivity index (χ1v) is 8.48. The number of benzene rings is 1. The summed E-state index contributed by atoms with van der Waals surface area (Å²) in [5.41, 5.74) is 2.20. The summed E-state index contributed by atoms with van der Waals surface area (Å²) in [6.45, 7) is 1.90. The van der Waals surface area contributed by atoms with Gasteiger partial charge in [-0.25, -0.2) is 4.39 Å². The number of fused-ring (bicyclic) bond motifs is 1. The van der Waals surface area contributed by atoms with E-state index in [2.05, 4.69) is 10.5 Å². The molecule has 0 bridgehead atoms. The molecule has 5 nitrogen and oxygen atoms in total. The lowest BCUT2D eigenvalue weighted by atomic mass is 9.95. The zero-order valence-corrected chi connectivity index (χ0v) is 14.7. The zero-order chi connectivity index (χ0) is 16.5. The second kappa shape index (κ2) is 7.54. The molecule has 25 heavy (non-hydrogen) atoms. The molecule has 1 aliphatic heterocycles. The topological polar surface area (TPSA) is 58.4 Å². The van der Waals surface area contributed by atoms with Crippen LogP contribution in [0.3, 0.4) is 0 Å². The van der Waals surface area contributed by atoms with E-state index in [0.717, 1.165) is 49.1 Å². The molecule has 1 atom stereocenters. The number of halogens is 2. The first-order valence-electron chi connectivity index (χ1n) is 8.48.